The molecule has 6 nitrogen and oxygen atoms in total. The van der Waals surface area contributed by atoms with E-state index < -0.39 is 17.9 Å². The molecule has 18 heavy (non-hydrogen) atoms. The van der Waals surface area contributed by atoms with Crippen LogP contribution in [-0.2, 0) is 9.53 Å². The van der Waals surface area contributed by atoms with Crippen molar-refractivity contribution in [2.75, 3.05) is 7.11 Å². The van der Waals surface area contributed by atoms with E-state index in [2.05, 4.69) is 15.0 Å². The molecule has 1 amide bonds. The zero-order valence-electron chi connectivity index (χ0n) is 10.5. The van der Waals surface area contributed by atoms with Crippen LogP contribution in [0, 0.1) is 5.92 Å². The first kappa shape index (κ1) is 14.0. The number of ether oxygens (including phenoxy) is 1. The van der Waals surface area contributed by atoms with Crippen LogP contribution in [0.5, 0.6) is 5.75 Å². The maximum atomic E-state index is 11.9. The highest BCUT2D eigenvalue weighted by Gasteiger charge is 2.26. The topological polar surface area (TPSA) is 88.5 Å². The van der Waals surface area contributed by atoms with Gasteiger partial charge in [-0.2, -0.15) is 0 Å². The van der Waals surface area contributed by atoms with Gasteiger partial charge in [-0.1, -0.05) is 13.8 Å². The van der Waals surface area contributed by atoms with E-state index in [4.69, 9.17) is 0 Å². The molecule has 0 spiro atoms. The SMILES string of the molecule is COC(=O)C(NC(=O)c1ncccc1O)C(C)C. The number of hydrogen-bond donors (Lipinski definition) is 2. The molecule has 0 fully saturated rings. The monoisotopic (exact) mass is 252 g/mol. The summed E-state index contributed by atoms with van der Waals surface area (Å²) < 4.78 is 4.60. The van der Waals surface area contributed by atoms with E-state index in [1.807, 2.05) is 0 Å². The summed E-state index contributed by atoms with van der Waals surface area (Å²) in [6, 6.07) is 2.08. The Labute approximate surface area is 105 Å². The van der Waals surface area contributed by atoms with Crippen molar-refractivity contribution in [3.05, 3.63) is 24.0 Å². The van der Waals surface area contributed by atoms with Gasteiger partial charge in [-0.05, 0) is 18.1 Å². The van der Waals surface area contributed by atoms with Gasteiger partial charge in [0.2, 0.25) is 0 Å². The molecule has 0 aliphatic carbocycles. The number of carbonyl (C=O) groups excluding carboxylic acids is 2. The maximum Gasteiger partial charge on any atom is 0.328 e. The van der Waals surface area contributed by atoms with E-state index in [1.54, 1.807) is 13.8 Å². The summed E-state index contributed by atoms with van der Waals surface area (Å²) in [5.74, 6) is -1.51. The number of aromatic hydroxyl groups is 1. The molecule has 1 rings (SSSR count). The van der Waals surface area contributed by atoms with Crippen molar-refractivity contribution in [1.82, 2.24) is 10.3 Å². The average Bonchev–Trinajstić information content (AvgIpc) is 2.35. The van der Waals surface area contributed by atoms with Crippen LogP contribution in [0.15, 0.2) is 18.3 Å². The Bertz CT molecular complexity index is 445. The van der Waals surface area contributed by atoms with Gasteiger partial charge in [0.25, 0.3) is 5.91 Å². The second-order valence-electron chi connectivity index (χ2n) is 4.09. The molecular formula is C12H16N2O4. The molecule has 0 aliphatic rings. The third-order valence-corrected chi connectivity index (χ3v) is 2.41. The second-order valence-corrected chi connectivity index (χ2v) is 4.09. The van der Waals surface area contributed by atoms with E-state index in [0.717, 1.165) is 0 Å². The van der Waals surface area contributed by atoms with Gasteiger partial charge in [-0.15, -0.1) is 0 Å². The predicted molar refractivity (Wildman–Crippen MR) is 64.0 cm³/mol. The van der Waals surface area contributed by atoms with E-state index in [9.17, 15) is 14.7 Å². The van der Waals surface area contributed by atoms with Gasteiger partial charge in [0.1, 0.15) is 11.8 Å². The Kier molecular flexibility index (Phi) is 4.65. The standard InChI is InChI=1S/C12H16N2O4/c1-7(2)9(12(17)18-3)14-11(16)10-8(15)5-4-6-13-10/h4-7,9,15H,1-3H3,(H,14,16). The lowest BCUT2D eigenvalue weighted by molar-refractivity contribution is -0.144. The summed E-state index contributed by atoms with van der Waals surface area (Å²) in [5, 5.41) is 12.0. The Morgan fingerprint density at radius 2 is 2.11 bits per heavy atom. The average molecular weight is 252 g/mol. The Morgan fingerprint density at radius 1 is 1.44 bits per heavy atom. The van der Waals surface area contributed by atoms with Gasteiger partial charge in [-0.3, -0.25) is 4.79 Å². The number of pyridine rings is 1. The van der Waals surface area contributed by atoms with Gasteiger partial charge < -0.3 is 15.2 Å². The predicted octanol–water partition coefficient (Wildman–Crippen LogP) is 0.715. The highest BCUT2D eigenvalue weighted by molar-refractivity contribution is 5.97. The molecule has 0 aromatic carbocycles. The first-order valence-corrected chi connectivity index (χ1v) is 5.50. The second kappa shape index (κ2) is 6.00. The van der Waals surface area contributed by atoms with Crippen molar-refractivity contribution in [2.45, 2.75) is 19.9 Å². The Balaban J connectivity index is 2.86. The molecule has 98 valence electrons. The first-order valence-electron chi connectivity index (χ1n) is 5.50. The van der Waals surface area contributed by atoms with Crippen LogP contribution in [0.25, 0.3) is 0 Å². The number of rotatable bonds is 4. The molecule has 0 aliphatic heterocycles. The van der Waals surface area contributed by atoms with Gasteiger partial charge in [-0.25, -0.2) is 9.78 Å². The van der Waals surface area contributed by atoms with Crippen molar-refractivity contribution in [3.63, 3.8) is 0 Å². The maximum absolute atomic E-state index is 11.9. The van der Waals surface area contributed by atoms with Gasteiger partial charge in [0, 0.05) is 6.20 Å². The molecule has 6 heteroatoms. The number of esters is 1. The molecular weight excluding hydrogens is 236 g/mol. The molecule has 1 aromatic heterocycles. The Morgan fingerprint density at radius 3 is 2.61 bits per heavy atom. The number of amides is 1. The van der Waals surface area contributed by atoms with E-state index in [0.29, 0.717) is 0 Å². The molecule has 1 aromatic rings. The summed E-state index contributed by atoms with van der Waals surface area (Å²) in [5.41, 5.74) is -0.118. The molecule has 0 bridgehead atoms. The number of nitrogens with zero attached hydrogens (tertiary/aromatic N) is 1. The number of methoxy groups -OCH3 is 1. The normalized spacial score (nSPS) is 12.0. The molecule has 0 saturated heterocycles. The van der Waals surface area contributed by atoms with E-state index in [-0.39, 0.29) is 17.4 Å². The largest absolute Gasteiger partial charge is 0.505 e. The fraction of sp³-hybridized carbons (Fsp3) is 0.417. The highest BCUT2D eigenvalue weighted by Crippen LogP contribution is 2.13. The minimum atomic E-state index is -0.774. The number of hydrogen-bond acceptors (Lipinski definition) is 5. The summed E-state index contributed by atoms with van der Waals surface area (Å²) in [4.78, 5) is 27.1. The summed E-state index contributed by atoms with van der Waals surface area (Å²) >= 11 is 0. The van der Waals surface area contributed by atoms with Crippen molar-refractivity contribution in [2.24, 2.45) is 5.92 Å². The molecule has 1 unspecified atom stereocenters. The number of aromatic nitrogens is 1. The summed E-state index contributed by atoms with van der Waals surface area (Å²) in [6.45, 7) is 3.56. The molecule has 1 heterocycles. The third kappa shape index (κ3) is 3.19. The van der Waals surface area contributed by atoms with Crippen LogP contribution < -0.4 is 5.32 Å². The lowest BCUT2D eigenvalue weighted by Crippen LogP contribution is -2.45. The quantitative estimate of drug-likeness (QED) is 0.771. The zero-order chi connectivity index (χ0) is 13.7. The van der Waals surface area contributed by atoms with Crippen molar-refractivity contribution >= 4 is 11.9 Å². The minimum Gasteiger partial charge on any atom is -0.505 e. The van der Waals surface area contributed by atoms with Crippen molar-refractivity contribution in [3.8, 4) is 5.75 Å². The molecule has 0 radical (unpaired) electrons. The highest BCUT2D eigenvalue weighted by atomic mass is 16.5. The van der Waals surface area contributed by atoms with Gasteiger partial charge in [0.05, 0.1) is 7.11 Å². The first-order chi connectivity index (χ1) is 8.47. The van der Waals surface area contributed by atoms with Gasteiger partial charge in [0.15, 0.2) is 5.69 Å². The fourth-order valence-electron chi connectivity index (χ4n) is 1.41. The lowest BCUT2D eigenvalue weighted by Gasteiger charge is -2.19. The molecule has 2 N–H and O–H groups in total. The summed E-state index contributed by atoms with van der Waals surface area (Å²) in [7, 11) is 1.25. The summed E-state index contributed by atoms with van der Waals surface area (Å²) in [6.07, 6.45) is 1.39. The van der Waals surface area contributed by atoms with E-state index >= 15 is 0 Å². The molecule has 0 saturated carbocycles. The van der Waals surface area contributed by atoms with Crippen LogP contribution in [0.2, 0.25) is 0 Å². The molecule has 1 atom stereocenters. The zero-order valence-corrected chi connectivity index (χ0v) is 10.5. The van der Waals surface area contributed by atoms with Crippen molar-refractivity contribution < 1.29 is 19.4 Å². The Hall–Kier alpha value is -2.11. The van der Waals surface area contributed by atoms with Crippen LogP contribution in [0.3, 0.4) is 0 Å². The van der Waals surface area contributed by atoms with E-state index in [1.165, 1.54) is 25.4 Å². The fourth-order valence-corrected chi connectivity index (χ4v) is 1.41. The van der Waals surface area contributed by atoms with Crippen LogP contribution >= 0.6 is 0 Å². The van der Waals surface area contributed by atoms with Crippen molar-refractivity contribution in [1.29, 1.82) is 0 Å². The smallest absolute Gasteiger partial charge is 0.328 e. The number of carbonyl (C=O) groups is 2. The third-order valence-electron chi connectivity index (χ3n) is 2.41. The minimum absolute atomic E-state index is 0.118. The lowest BCUT2D eigenvalue weighted by atomic mass is 10.0. The van der Waals surface area contributed by atoms with Crippen LogP contribution in [0.4, 0.5) is 0 Å². The van der Waals surface area contributed by atoms with Crippen LogP contribution in [0.1, 0.15) is 24.3 Å². The van der Waals surface area contributed by atoms with Gasteiger partial charge >= 0.3 is 5.97 Å². The van der Waals surface area contributed by atoms with Crippen LogP contribution in [-0.4, -0.2) is 35.1 Å². The number of nitrogens with one attached hydrogen (secondary N) is 1.